The predicted octanol–water partition coefficient (Wildman–Crippen LogP) is 3.90. The molecule has 1 atom stereocenters. The third-order valence-corrected chi connectivity index (χ3v) is 3.93. The van der Waals surface area contributed by atoms with Crippen molar-refractivity contribution in [2.45, 2.75) is 83.6 Å². The van der Waals surface area contributed by atoms with Crippen LogP contribution in [0.1, 0.15) is 77.6 Å². The monoisotopic (exact) mass is 309 g/mol. The van der Waals surface area contributed by atoms with Crippen LogP contribution in [-0.4, -0.2) is 24.5 Å². The Labute approximate surface area is 134 Å². The summed E-state index contributed by atoms with van der Waals surface area (Å²) in [6, 6.07) is -0.421. The first kappa shape index (κ1) is 18.7. The number of unbranched alkanes of at least 4 members (excludes halogenated alkanes) is 7. The fourth-order valence-corrected chi connectivity index (χ4v) is 2.54. The quantitative estimate of drug-likeness (QED) is 0.338. The standard InChI is InChI=1S/C18H31NO3/c1-2-3-4-5-6-7-8-9-10-11-12-15-22-18(21)16-13-14-17(20)19-16/h9-10,16H,2-8,11-15H2,1H3,(H,19,20)/b10-9+/t16-/m0/s1. The Hall–Kier alpha value is -1.32. The van der Waals surface area contributed by atoms with E-state index in [4.69, 9.17) is 4.74 Å². The summed E-state index contributed by atoms with van der Waals surface area (Å²) in [6.07, 6.45) is 16.3. The molecule has 126 valence electrons. The molecule has 0 aliphatic carbocycles. The van der Waals surface area contributed by atoms with Crippen LogP contribution in [-0.2, 0) is 14.3 Å². The van der Waals surface area contributed by atoms with Gasteiger partial charge in [-0.2, -0.15) is 0 Å². The van der Waals surface area contributed by atoms with Gasteiger partial charge >= 0.3 is 5.97 Å². The van der Waals surface area contributed by atoms with Crippen LogP contribution < -0.4 is 5.32 Å². The van der Waals surface area contributed by atoms with Gasteiger partial charge < -0.3 is 10.1 Å². The smallest absolute Gasteiger partial charge is 0.328 e. The predicted molar refractivity (Wildman–Crippen MR) is 88.5 cm³/mol. The van der Waals surface area contributed by atoms with Crippen molar-refractivity contribution in [3.8, 4) is 0 Å². The highest BCUT2D eigenvalue weighted by Crippen LogP contribution is 2.09. The number of hydrogen-bond acceptors (Lipinski definition) is 3. The second-order valence-corrected chi connectivity index (χ2v) is 6.00. The van der Waals surface area contributed by atoms with Gasteiger partial charge in [0.2, 0.25) is 5.91 Å². The molecule has 0 unspecified atom stereocenters. The lowest BCUT2D eigenvalue weighted by atomic mass is 10.1. The molecule has 1 heterocycles. The van der Waals surface area contributed by atoms with E-state index in [1.165, 1.54) is 38.5 Å². The molecule has 1 aliphatic rings. The fraction of sp³-hybridized carbons (Fsp3) is 0.778. The van der Waals surface area contributed by atoms with E-state index >= 15 is 0 Å². The summed E-state index contributed by atoms with van der Waals surface area (Å²) in [6.45, 7) is 2.68. The minimum absolute atomic E-state index is 0.0559. The Morgan fingerprint density at radius 1 is 1.14 bits per heavy atom. The van der Waals surface area contributed by atoms with Gasteiger partial charge in [0.25, 0.3) is 0 Å². The van der Waals surface area contributed by atoms with Crippen LogP contribution in [0.5, 0.6) is 0 Å². The van der Waals surface area contributed by atoms with Gasteiger partial charge in [-0.15, -0.1) is 0 Å². The molecule has 1 rings (SSSR count). The topological polar surface area (TPSA) is 55.4 Å². The molecular formula is C18H31NO3. The summed E-state index contributed by atoms with van der Waals surface area (Å²) in [7, 11) is 0. The summed E-state index contributed by atoms with van der Waals surface area (Å²) in [5.41, 5.74) is 0. The molecule has 4 heteroatoms. The van der Waals surface area contributed by atoms with Gasteiger partial charge in [0.15, 0.2) is 0 Å². The molecule has 0 spiro atoms. The molecule has 1 saturated heterocycles. The lowest BCUT2D eigenvalue weighted by molar-refractivity contribution is -0.146. The zero-order valence-corrected chi connectivity index (χ0v) is 13.9. The second-order valence-electron chi connectivity index (χ2n) is 6.00. The van der Waals surface area contributed by atoms with Crippen LogP contribution in [0.15, 0.2) is 12.2 Å². The van der Waals surface area contributed by atoms with E-state index in [0.29, 0.717) is 19.4 Å². The van der Waals surface area contributed by atoms with Crippen LogP contribution in [0.4, 0.5) is 0 Å². The zero-order chi connectivity index (χ0) is 16.0. The summed E-state index contributed by atoms with van der Waals surface area (Å²) in [4.78, 5) is 22.6. The number of carbonyl (C=O) groups is 2. The molecule has 0 saturated carbocycles. The van der Waals surface area contributed by atoms with E-state index in [9.17, 15) is 9.59 Å². The van der Waals surface area contributed by atoms with Gasteiger partial charge in [0.1, 0.15) is 6.04 Å². The van der Waals surface area contributed by atoms with E-state index in [-0.39, 0.29) is 11.9 Å². The van der Waals surface area contributed by atoms with E-state index in [1.807, 2.05) is 0 Å². The van der Waals surface area contributed by atoms with Gasteiger partial charge in [0, 0.05) is 6.42 Å². The number of esters is 1. The Morgan fingerprint density at radius 3 is 2.50 bits per heavy atom. The van der Waals surface area contributed by atoms with Gasteiger partial charge in [-0.25, -0.2) is 4.79 Å². The van der Waals surface area contributed by atoms with Crippen molar-refractivity contribution in [3.63, 3.8) is 0 Å². The van der Waals surface area contributed by atoms with Crippen LogP contribution in [0.3, 0.4) is 0 Å². The van der Waals surface area contributed by atoms with Gasteiger partial charge in [-0.3, -0.25) is 4.79 Å². The molecular weight excluding hydrogens is 278 g/mol. The van der Waals surface area contributed by atoms with Crippen molar-refractivity contribution < 1.29 is 14.3 Å². The van der Waals surface area contributed by atoms with Crippen LogP contribution in [0.25, 0.3) is 0 Å². The lowest BCUT2D eigenvalue weighted by Crippen LogP contribution is -2.34. The highest BCUT2D eigenvalue weighted by Gasteiger charge is 2.28. The SMILES string of the molecule is CCCCCCCC/C=C/CCCOC(=O)[C@@H]1CCC(=O)N1. The molecule has 1 N–H and O–H groups in total. The molecule has 0 aromatic carbocycles. The maximum absolute atomic E-state index is 11.6. The third-order valence-electron chi connectivity index (χ3n) is 3.93. The summed E-state index contributed by atoms with van der Waals surface area (Å²) in [5.74, 6) is -0.346. The van der Waals surface area contributed by atoms with E-state index in [0.717, 1.165) is 19.3 Å². The average molecular weight is 309 g/mol. The van der Waals surface area contributed by atoms with Crippen LogP contribution >= 0.6 is 0 Å². The zero-order valence-electron chi connectivity index (χ0n) is 13.9. The van der Waals surface area contributed by atoms with Crippen LogP contribution in [0, 0.1) is 0 Å². The number of hydrogen-bond donors (Lipinski definition) is 1. The number of nitrogens with one attached hydrogen (secondary N) is 1. The maximum Gasteiger partial charge on any atom is 0.328 e. The van der Waals surface area contributed by atoms with Gasteiger partial charge in [-0.05, 0) is 32.1 Å². The van der Waals surface area contributed by atoms with Gasteiger partial charge in [0.05, 0.1) is 6.61 Å². The Kier molecular flexibility index (Phi) is 10.4. The third kappa shape index (κ3) is 8.85. The van der Waals surface area contributed by atoms with Crippen molar-refractivity contribution in [3.05, 3.63) is 12.2 Å². The lowest BCUT2D eigenvalue weighted by Gasteiger charge is -2.09. The minimum atomic E-state index is -0.421. The first-order chi connectivity index (χ1) is 10.7. The number of rotatable bonds is 12. The average Bonchev–Trinajstić information content (AvgIpc) is 2.95. The summed E-state index contributed by atoms with van der Waals surface area (Å²) in [5, 5.41) is 2.62. The number of amides is 1. The molecule has 0 radical (unpaired) electrons. The van der Waals surface area contributed by atoms with E-state index in [2.05, 4.69) is 24.4 Å². The van der Waals surface area contributed by atoms with Crippen molar-refractivity contribution in [1.82, 2.24) is 5.32 Å². The molecule has 1 amide bonds. The molecule has 0 aromatic rings. The fourth-order valence-electron chi connectivity index (χ4n) is 2.54. The normalized spacial score (nSPS) is 17.9. The maximum atomic E-state index is 11.6. The largest absolute Gasteiger partial charge is 0.464 e. The molecule has 0 bridgehead atoms. The Morgan fingerprint density at radius 2 is 1.82 bits per heavy atom. The van der Waals surface area contributed by atoms with E-state index < -0.39 is 6.04 Å². The summed E-state index contributed by atoms with van der Waals surface area (Å²) < 4.78 is 5.17. The van der Waals surface area contributed by atoms with Crippen LogP contribution in [0.2, 0.25) is 0 Å². The highest BCUT2D eigenvalue weighted by atomic mass is 16.5. The van der Waals surface area contributed by atoms with E-state index in [1.54, 1.807) is 0 Å². The number of carbonyl (C=O) groups excluding carboxylic acids is 2. The Bertz CT molecular complexity index is 352. The molecule has 0 aromatic heterocycles. The Balaban J connectivity index is 1.87. The first-order valence-electron chi connectivity index (χ1n) is 8.85. The number of allylic oxidation sites excluding steroid dienone is 2. The highest BCUT2D eigenvalue weighted by molar-refractivity contribution is 5.87. The van der Waals surface area contributed by atoms with Crippen molar-refractivity contribution >= 4 is 11.9 Å². The summed E-state index contributed by atoms with van der Waals surface area (Å²) >= 11 is 0. The number of ether oxygens (including phenoxy) is 1. The van der Waals surface area contributed by atoms with Gasteiger partial charge in [-0.1, -0.05) is 51.2 Å². The van der Waals surface area contributed by atoms with Crippen molar-refractivity contribution in [2.24, 2.45) is 0 Å². The molecule has 1 fully saturated rings. The van der Waals surface area contributed by atoms with Crippen molar-refractivity contribution in [1.29, 1.82) is 0 Å². The second kappa shape index (κ2) is 12.2. The first-order valence-corrected chi connectivity index (χ1v) is 8.85. The van der Waals surface area contributed by atoms with Crippen molar-refractivity contribution in [2.75, 3.05) is 6.61 Å². The molecule has 22 heavy (non-hydrogen) atoms. The molecule has 4 nitrogen and oxygen atoms in total. The minimum Gasteiger partial charge on any atom is -0.464 e. The molecule has 1 aliphatic heterocycles.